The van der Waals surface area contributed by atoms with Crippen molar-refractivity contribution in [1.82, 2.24) is 9.80 Å². The molecule has 3 rings (SSSR count). The topological polar surface area (TPSA) is 119 Å². The number of ketones is 1. The minimum absolute atomic E-state index is 0.142. The molecule has 2 N–H and O–H groups in total. The summed E-state index contributed by atoms with van der Waals surface area (Å²) in [6.07, 6.45) is 6.00. The van der Waals surface area contributed by atoms with E-state index >= 15 is 0 Å². The Morgan fingerprint density at radius 1 is 1.03 bits per heavy atom. The zero-order valence-corrected chi connectivity index (χ0v) is 21.6. The van der Waals surface area contributed by atoms with Gasteiger partial charge in [0.15, 0.2) is 5.78 Å². The predicted molar refractivity (Wildman–Crippen MR) is 135 cm³/mol. The summed E-state index contributed by atoms with van der Waals surface area (Å²) in [5.41, 5.74) is 6.06. The van der Waals surface area contributed by atoms with Gasteiger partial charge in [-0.25, -0.2) is 9.59 Å². The number of benzene rings is 1. The van der Waals surface area contributed by atoms with Crippen LogP contribution in [0.4, 0.5) is 10.5 Å². The molecule has 36 heavy (non-hydrogen) atoms. The Bertz CT molecular complexity index is 1020. The molecule has 1 aromatic carbocycles. The lowest BCUT2D eigenvalue weighted by Gasteiger charge is -2.33. The van der Waals surface area contributed by atoms with E-state index in [1.807, 2.05) is 26.8 Å². The number of amides is 2. The average molecular weight is 500 g/mol. The molecule has 9 nitrogen and oxygen atoms in total. The third-order valence-corrected chi connectivity index (χ3v) is 6.55. The fraction of sp³-hybridized carbons (Fsp3) is 0.556. The number of methoxy groups -OCH3 is 1. The molecule has 0 unspecified atom stereocenters. The first-order valence-electron chi connectivity index (χ1n) is 12.5. The van der Waals surface area contributed by atoms with Gasteiger partial charge >= 0.3 is 12.1 Å². The Labute approximate surface area is 212 Å². The van der Waals surface area contributed by atoms with E-state index in [1.165, 1.54) is 13.2 Å². The maximum atomic E-state index is 13.3. The number of Topliss-reactive ketones (excluding diaryl/α,β-unsaturated/α-hetero) is 1. The molecule has 1 aromatic rings. The number of allylic oxidation sites excluding steroid dienone is 1. The molecular weight excluding hydrogens is 462 g/mol. The Balaban J connectivity index is 1.58. The highest BCUT2D eigenvalue weighted by Crippen LogP contribution is 2.27. The van der Waals surface area contributed by atoms with Crippen LogP contribution < -0.4 is 5.73 Å². The monoisotopic (exact) mass is 499 g/mol. The summed E-state index contributed by atoms with van der Waals surface area (Å²) < 4.78 is 10.2. The number of likely N-dealkylation sites (tertiary alicyclic amines) is 2. The van der Waals surface area contributed by atoms with Crippen LogP contribution in [0, 0.1) is 11.8 Å². The molecule has 196 valence electrons. The molecule has 2 fully saturated rings. The molecule has 2 aliphatic heterocycles. The number of esters is 1. The summed E-state index contributed by atoms with van der Waals surface area (Å²) in [4.78, 5) is 54.0. The van der Waals surface area contributed by atoms with Crippen molar-refractivity contribution in [3.8, 4) is 0 Å². The molecule has 9 heteroatoms. The third-order valence-electron chi connectivity index (χ3n) is 6.55. The Morgan fingerprint density at radius 2 is 1.72 bits per heavy atom. The predicted octanol–water partition coefficient (Wildman–Crippen LogP) is 3.68. The van der Waals surface area contributed by atoms with Gasteiger partial charge in [-0.3, -0.25) is 9.59 Å². The highest BCUT2D eigenvalue weighted by atomic mass is 16.6. The van der Waals surface area contributed by atoms with Crippen molar-refractivity contribution in [1.29, 1.82) is 0 Å². The average Bonchev–Trinajstić information content (AvgIpc) is 2.85. The van der Waals surface area contributed by atoms with Crippen LogP contribution in [0.5, 0.6) is 0 Å². The van der Waals surface area contributed by atoms with Gasteiger partial charge in [0.2, 0.25) is 5.91 Å². The number of carbonyl (C=O) groups is 4. The van der Waals surface area contributed by atoms with Gasteiger partial charge in [0, 0.05) is 37.8 Å². The van der Waals surface area contributed by atoms with E-state index < -0.39 is 17.5 Å². The van der Waals surface area contributed by atoms with E-state index in [0.717, 1.165) is 12.8 Å². The minimum Gasteiger partial charge on any atom is -0.465 e. The van der Waals surface area contributed by atoms with E-state index in [2.05, 4.69) is 0 Å². The van der Waals surface area contributed by atoms with Crippen LogP contribution >= 0.6 is 0 Å². The van der Waals surface area contributed by atoms with Crippen LogP contribution in [-0.4, -0.2) is 72.4 Å². The van der Waals surface area contributed by atoms with Crippen molar-refractivity contribution in [2.75, 3.05) is 39.0 Å². The van der Waals surface area contributed by atoms with Gasteiger partial charge in [-0.1, -0.05) is 12.1 Å². The summed E-state index contributed by atoms with van der Waals surface area (Å²) >= 11 is 0. The molecular formula is C27H37N3O6. The number of ether oxygens (including phenoxy) is 2. The second-order valence-corrected chi connectivity index (χ2v) is 10.4. The number of nitrogens with two attached hydrogens (primary N) is 1. The number of nitrogens with zero attached hydrogens (tertiary/aromatic N) is 2. The zero-order chi connectivity index (χ0) is 26.5. The second kappa shape index (κ2) is 11.6. The molecule has 0 aliphatic carbocycles. The highest BCUT2D eigenvalue weighted by Gasteiger charge is 2.32. The Kier molecular flexibility index (Phi) is 8.76. The number of nitrogen functional groups attached to an aromatic ring is 1. The van der Waals surface area contributed by atoms with Gasteiger partial charge in [0.05, 0.1) is 18.2 Å². The summed E-state index contributed by atoms with van der Waals surface area (Å²) in [6.45, 7) is 7.54. The molecule has 2 aliphatic rings. The fourth-order valence-electron chi connectivity index (χ4n) is 4.65. The first-order chi connectivity index (χ1) is 17.0. The van der Waals surface area contributed by atoms with E-state index in [-0.39, 0.29) is 47.1 Å². The van der Waals surface area contributed by atoms with Crippen molar-refractivity contribution < 1.29 is 28.7 Å². The number of piperidine rings is 2. The van der Waals surface area contributed by atoms with Crippen LogP contribution in [-0.2, 0) is 14.3 Å². The fourth-order valence-corrected chi connectivity index (χ4v) is 4.65. The van der Waals surface area contributed by atoms with Gasteiger partial charge in [-0.15, -0.1) is 0 Å². The van der Waals surface area contributed by atoms with Crippen LogP contribution in [0.1, 0.15) is 67.2 Å². The number of rotatable bonds is 5. The maximum absolute atomic E-state index is 13.3. The number of hydrogen-bond acceptors (Lipinski definition) is 7. The number of carbonyl (C=O) groups excluding carboxylic acids is 4. The molecule has 0 radical (unpaired) electrons. The minimum atomic E-state index is -0.616. The van der Waals surface area contributed by atoms with Gasteiger partial charge in [-0.05, 0) is 70.6 Å². The van der Waals surface area contributed by atoms with Gasteiger partial charge in [0.1, 0.15) is 5.60 Å². The van der Waals surface area contributed by atoms with Crippen molar-refractivity contribution in [2.24, 2.45) is 11.8 Å². The SMILES string of the molecule is COC(=O)c1cccc(N)c1C(=O)[C@@H]1CCCN(C(=O)/C=C/C2CCN(C(=O)OC(C)(C)C)CC2)C1. The smallest absolute Gasteiger partial charge is 0.410 e. The lowest BCUT2D eigenvalue weighted by molar-refractivity contribution is -0.127. The molecule has 2 amide bonds. The summed E-state index contributed by atoms with van der Waals surface area (Å²) in [5.74, 6) is -1.25. The van der Waals surface area contributed by atoms with E-state index in [0.29, 0.717) is 32.5 Å². The molecule has 0 saturated carbocycles. The lowest BCUT2D eigenvalue weighted by atomic mass is 9.87. The first-order valence-corrected chi connectivity index (χ1v) is 12.5. The molecule has 0 aromatic heterocycles. The van der Waals surface area contributed by atoms with Crippen molar-refractivity contribution in [3.05, 3.63) is 41.5 Å². The van der Waals surface area contributed by atoms with Gasteiger partial charge in [-0.2, -0.15) is 0 Å². The molecule has 2 heterocycles. The van der Waals surface area contributed by atoms with Gasteiger partial charge < -0.3 is 25.0 Å². The van der Waals surface area contributed by atoms with E-state index in [1.54, 1.807) is 28.0 Å². The van der Waals surface area contributed by atoms with Crippen LogP contribution in [0.3, 0.4) is 0 Å². The molecule has 0 spiro atoms. The highest BCUT2D eigenvalue weighted by molar-refractivity contribution is 6.11. The number of anilines is 1. The molecule has 2 saturated heterocycles. The summed E-state index contributed by atoms with van der Waals surface area (Å²) in [7, 11) is 1.26. The molecule has 0 bridgehead atoms. The van der Waals surface area contributed by atoms with Crippen molar-refractivity contribution in [2.45, 2.75) is 52.1 Å². The largest absolute Gasteiger partial charge is 0.465 e. The second-order valence-electron chi connectivity index (χ2n) is 10.4. The summed E-state index contributed by atoms with van der Waals surface area (Å²) in [5, 5.41) is 0. The van der Waals surface area contributed by atoms with Crippen LogP contribution in [0.25, 0.3) is 0 Å². The first kappa shape index (κ1) is 27.2. The standard InChI is InChI=1S/C27H37N3O6/c1-27(2,3)36-26(34)29-15-12-18(13-16-29)10-11-22(31)30-14-6-7-19(17-30)24(32)23-20(25(33)35-4)8-5-9-21(23)28/h5,8-11,18-19H,6-7,12-17,28H2,1-4H3/b11-10+/t19-/m1/s1. The van der Waals surface area contributed by atoms with Crippen LogP contribution in [0.2, 0.25) is 0 Å². The Morgan fingerprint density at radius 3 is 2.36 bits per heavy atom. The third kappa shape index (κ3) is 6.86. The lowest BCUT2D eigenvalue weighted by Crippen LogP contribution is -2.42. The number of hydrogen-bond donors (Lipinski definition) is 1. The Hall–Kier alpha value is -3.36. The van der Waals surface area contributed by atoms with E-state index in [4.69, 9.17) is 15.2 Å². The van der Waals surface area contributed by atoms with Crippen LogP contribution in [0.15, 0.2) is 30.4 Å². The summed E-state index contributed by atoms with van der Waals surface area (Å²) in [6, 6.07) is 4.72. The molecule has 1 atom stereocenters. The van der Waals surface area contributed by atoms with E-state index in [9.17, 15) is 19.2 Å². The maximum Gasteiger partial charge on any atom is 0.410 e. The van der Waals surface area contributed by atoms with Crippen molar-refractivity contribution in [3.63, 3.8) is 0 Å². The van der Waals surface area contributed by atoms with Crippen molar-refractivity contribution >= 4 is 29.4 Å². The quantitative estimate of drug-likeness (QED) is 0.284. The van der Waals surface area contributed by atoms with Gasteiger partial charge in [0.25, 0.3) is 0 Å². The zero-order valence-electron chi connectivity index (χ0n) is 21.6. The normalized spacial score (nSPS) is 19.3.